The van der Waals surface area contributed by atoms with Gasteiger partial charge in [-0.25, -0.2) is 8.42 Å². The zero-order valence-electron chi connectivity index (χ0n) is 12.5. The lowest BCUT2D eigenvalue weighted by Crippen LogP contribution is -2.48. The van der Waals surface area contributed by atoms with E-state index in [0.717, 1.165) is 13.1 Å². The number of nitrogen functional groups attached to an aromatic ring is 1. The lowest BCUT2D eigenvalue weighted by atomic mass is 10.0. The number of hydrogen-bond donors (Lipinski definition) is 1. The zero-order chi connectivity index (χ0) is 15.0. The molecule has 112 valence electrons. The van der Waals surface area contributed by atoms with Crippen molar-refractivity contribution in [3.63, 3.8) is 0 Å². The molecule has 4 nitrogen and oxygen atoms in total. The summed E-state index contributed by atoms with van der Waals surface area (Å²) < 4.78 is 25.2. The lowest BCUT2D eigenvalue weighted by Gasteiger charge is -2.40. The van der Waals surface area contributed by atoms with E-state index in [-0.39, 0.29) is 10.8 Å². The number of rotatable bonds is 2. The van der Waals surface area contributed by atoms with Gasteiger partial charge in [-0.1, -0.05) is 0 Å². The van der Waals surface area contributed by atoms with E-state index in [0.29, 0.717) is 23.4 Å². The minimum atomic E-state index is -3.23. The molecule has 0 amide bonds. The molecule has 1 heterocycles. The van der Waals surface area contributed by atoms with Gasteiger partial charge in [0.25, 0.3) is 0 Å². The quantitative estimate of drug-likeness (QED) is 0.851. The minimum Gasteiger partial charge on any atom is -0.399 e. The summed E-state index contributed by atoms with van der Waals surface area (Å²) in [5, 5.41) is -0.273. The molecule has 1 aromatic carbocycles. The van der Waals surface area contributed by atoms with Gasteiger partial charge in [0.05, 0.1) is 10.1 Å². The number of benzene rings is 1. The maximum Gasteiger partial charge on any atom is 0.181 e. The standard InChI is InChI=1S/C15H24N2O2S/c1-15(2,3)17-10-8-14(9-11-17)20(18,19)13-6-4-12(16)5-7-13/h4-7,14H,8-11,16H2,1-3H3. The molecular weight excluding hydrogens is 272 g/mol. The summed E-state index contributed by atoms with van der Waals surface area (Å²) in [6.07, 6.45) is 1.40. The monoisotopic (exact) mass is 296 g/mol. The fourth-order valence-electron chi connectivity index (χ4n) is 2.69. The predicted molar refractivity (Wildman–Crippen MR) is 82.4 cm³/mol. The van der Waals surface area contributed by atoms with Crippen LogP contribution in [0.3, 0.4) is 0 Å². The molecule has 1 aromatic rings. The third kappa shape index (κ3) is 3.15. The van der Waals surface area contributed by atoms with Crippen molar-refractivity contribution >= 4 is 15.5 Å². The molecular formula is C15H24N2O2S. The number of nitrogens with zero attached hydrogens (tertiary/aromatic N) is 1. The van der Waals surface area contributed by atoms with Gasteiger partial charge < -0.3 is 5.73 Å². The van der Waals surface area contributed by atoms with E-state index < -0.39 is 9.84 Å². The van der Waals surface area contributed by atoms with Crippen LogP contribution in [0.2, 0.25) is 0 Å². The van der Waals surface area contributed by atoms with Crippen molar-refractivity contribution in [3.05, 3.63) is 24.3 Å². The number of nitrogens with two attached hydrogens (primary N) is 1. The van der Waals surface area contributed by atoms with E-state index in [1.807, 2.05) is 0 Å². The summed E-state index contributed by atoms with van der Waals surface area (Å²) in [6.45, 7) is 8.18. The Balaban J connectivity index is 2.11. The average molecular weight is 296 g/mol. The maximum atomic E-state index is 12.6. The number of sulfone groups is 1. The lowest BCUT2D eigenvalue weighted by molar-refractivity contribution is 0.112. The van der Waals surface area contributed by atoms with Crippen LogP contribution in [0.1, 0.15) is 33.6 Å². The maximum absolute atomic E-state index is 12.6. The first kappa shape index (κ1) is 15.3. The molecule has 0 radical (unpaired) electrons. The molecule has 1 aliphatic heterocycles. The van der Waals surface area contributed by atoms with E-state index in [9.17, 15) is 8.42 Å². The topological polar surface area (TPSA) is 63.4 Å². The largest absolute Gasteiger partial charge is 0.399 e. The van der Waals surface area contributed by atoms with E-state index in [4.69, 9.17) is 5.73 Å². The Labute approximate surface area is 121 Å². The molecule has 1 saturated heterocycles. The minimum absolute atomic E-state index is 0.107. The van der Waals surface area contributed by atoms with Crippen molar-refractivity contribution in [2.75, 3.05) is 18.8 Å². The van der Waals surface area contributed by atoms with Crippen molar-refractivity contribution in [1.29, 1.82) is 0 Å². The third-order valence-electron chi connectivity index (χ3n) is 4.04. The van der Waals surface area contributed by atoms with Crippen molar-refractivity contribution < 1.29 is 8.42 Å². The highest BCUT2D eigenvalue weighted by Crippen LogP contribution is 2.28. The van der Waals surface area contributed by atoms with Gasteiger partial charge in [0.1, 0.15) is 0 Å². The zero-order valence-corrected chi connectivity index (χ0v) is 13.3. The van der Waals surface area contributed by atoms with Crippen LogP contribution in [-0.2, 0) is 9.84 Å². The third-order valence-corrected chi connectivity index (χ3v) is 6.32. The first-order valence-corrected chi connectivity index (χ1v) is 8.60. The van der Waals surface area contributed by atoms with Crippen molar-refractivity contribution in [2.45, 2.75) is 49.3 Å². The Kier molecular flexibility index (Phi) is 4.12. The SMILES string of the molecule is CC(C)(C)N1CCC(S(=O)(=O)c2ccc(N)cc2)CC1. The number of anilines is 1. The van der Waals surface area contributed by atoms with E-state index in [1.165, 1.54) is 0 Å². The molecule has 0 unspecified atom stereocenters. The average Bonchev–Trinajstić information content (AvgIpc) is 2.38. The van der Waals surface area contributed by atoms with Crippen LogP contribution in [0, 0.1) is 0 Å². The Morgan fingerprint density at radius 1 is 1.10 bits per heavy atom. The highest BCUT2D eigenvalue weighted by molar-refractivity contribution is 7.92. The first-order chi connectivity index (χ1) is 9.21. The Morgan fingerprint density at radius 2 is 1.60 bits per heavy atom. The summed E-state index contributed by atoms with van der Waals surface area (Å²) in [6, 6.07) is 6.52. The number of piperidine rings is 1. The second-order valence-corrected chi connectivity index (χ2v) is 8.70. The van der Waals surface area contributed by atoms with Gasteiger partial charge >= 0.3 is 0 Å². The molecule has 0 atom stereocenters. The highest BCUT2D eigenvalue weighted by atomic mass is 32.2. The first-order valence-electron chi connectivity index (χ1n) is 7.06. The smallest absolute Gasteiger partial charge is 0.181 e. The molecule has 0 spiro atoms. The molecule has 0 aromatic heterocycles. The second-order valence-electron chi connectivity index (χ2n) is 6.47. The van der Waals surface area contributed by atoms with Gasteiger partial charge in [0, 0.05) is 11.2 Å². The van der Waals surface area contributed by atoms with Crippen LogP contribution in [0.15, 0.2) is 29.2 Å². The van der Waals surface area contributed by atoms with Gasteiger partial charge in [0.15, 0.2) is 9.84 Å². The van der Waals surface area contributed by atoms with Crippen molar-refractivity contribution in [3.8, 4) is 0 Å². The van der Waals surface area contributed by atoms with Crippen LogP contribution in [0.25, 0.3) is 0 Å². The summed E-state index contributed by atoms with van der Waals surface area (Å²) >= 11 is 0. The molecule has 0 bridgehead atoms. The van der Waals surface area contributed by atoms with Gasteiger partial charge in [-0.05, 0) is 71.0 Å². The second kappa shape index (κ2) is 5.37. The van der Waals surface area contributed by atoms with Crippen LogP contribution in [-0.4, -0.2) is 37.2 Å². The number of likely N-dealkylation sites (tertiary alicyclic amines) is 1. The summed E-state index contributed by atoms with van der Waals surface area (Å²) in [5.74, 6) is 0. The van der Waals surface area contributed by atoms with Crippen molar-refractivity contribution in [1.82, 2.24) is 4.90 Å². The van der Waals surface area contributed by atoms with Gasteiger partial charge in [-0.3, -0.25) is 4.90 Å². The summed E-state index contributed by atoms with van der Waals surface area (Å²) in [5.41, 5.74) is 6.31. The molecule has 2 N–H and O–H groups in total. The predicted octanol–water partition coefficient (Wildman–Crippen LogP) is 2.31. The molecule has 1 aliphatic rings. The molecule has 5 heteroatoms. The van der Waals surface area contributed by atoms with Gasteiger partial charge in [0.2, 0.25) is 0 Å². The summed E-state index contributed by atoms with van der Waals surface area (Å²) in [4.78, 5) is 2.74. The van der Waals surface area contributed by atoms with E-state index in [2.05, 4.69) is 25.7 Å². The highest BCUT2D eigenvalue weighted by Gasteiger charge is 2.34. The van der Waals surface area contributed by atoms with Crippen LogP contribution < -0.4 is 5.73 Å². The molecule has 20 heavy (non-hydrogen) atoms. The van der Waals surface area contributed by atoms with Crippen molar-refractivity contribution in [2.24, 2.45) is 0 Å². The fraction of sp³-hybridized carbons (Fsp3) is 0.600. The fourth-order valence-corrected chi connectivity index (χ4v) is 4.42. The normalized spacial score (nSPS) is 19.1. The molecule has 2 rings (SSSR count). The molecule has 0 aliphatic carbocycles. The Morgan fingerprint density at radius 3 is 2.05 bits per heavy atom. The van der Waals surface area contributed by atoms with Crippen LogP contribution >= 0.6 is 0 Å². The number of hydrogen-bond acceptors (Lipinski definition) is 4. The van der Waals surface area contributed by atoms with Crippen LogP contribution in [0.4, 0.5) is 5.69 Å². The molecule has 1 fully saturated rings. The summed E-state index contributed by atoms with van der Waals surface area (Å²) in [7, 11) is -3.23. The van der Waals surface area contributed by atoms with Gasteiger partial charge in [-0.15, -0.1) is 0 Å². The van der Waals surface area contributed by atoms with Crippen LogP contribution in [0.5, 0.6) is 0 Å². The van der Waals surface area contributed by atoms with E-state index in [1.54, 1.807) is 24.3 Å². The van der Waals surface area contributed by atoms with Gasteiger partial charge in [-0.2, -0.15) is 0 Å². The Bertz CT molecular complexity index is 551. The Hall–Kier alpha value is -1.07. The van der Waals surface area contributed by atoms with E-state index >= 15 is 0 Å². The molecule has 0 saturated carbocycles.